The van der Waals surface area contributed by atoms with Crippen molar-refractivity contribution in [2.24, 2.45) is 5.10 Å². The van der Waals surface area contributed by atoms with Crippen LogP contribution in [0.3, 0.4) is 0 Å². The van der Waals surface area contributed by atoms with Gasteiger partial charge in [-0.15, -0.1) is 0 Å². The van der Waals surface area contributed by atoms with E-state index < -0.39 is 0 Å². The first kappa shape index (κ1) is 22.2. The van der Waals surface area contributed by atoms with E-state index in [-0.39, 0.29) is 30.7 Å². The molecule has 0 saturated carbocycles. The number of hydrogen-bond acceptors (Lipinski definition) is 4. The molecule has 6 heteroatoms. The average Bonchev–Trinajstić information content (AvgIpc) is 3.30. The summed E-state index contributed by atoms with van der Waals surface area (Å²) in [6.07, 6.45) is 3.06. The molecule has 2 aromatic rings. The van der Waals surface area contributed by atoms with Crippen molar-refractivity contribution in [3.8, 4) is 0 Å². The summed E-state index contributed by atoms with van der Waals surface area (Å²) in [4.78, 5) is 27.3. The van der Waals surface area contributed by atoms with Crippen molar-refractivity contribution in [2.45, 2.75) is 51.6 Å². The van der Waals surface area contributed by atoms with Crippen LogP contribution in [0.25, 0.3) is 0 Å². The minimum Gasteiger partial charge on any atom is -0.353 e. The largest absolute Gasteiger partial charge is 0.353 e. The fourth-order valence-electron chi connectivity index (χ4n) is 4.42. The SMILES string of the molecule is Cc1cccc(CN2CCC(NC(=O)CCC(=O)N3CCC(c4ccccc4)=N3)CC2)c1. The highest BCUT2D eigenvalue weighted by atomic mass is 16.2. The van der Waals surface area contributed by atoms with Crippen LogP contribution in [-0.2, 0) is 16.1 Å². The number of hydrazone groups is 1. The molecule has 32 heavy (non-hydrogen) atoms. The highest BCUT2D eigenvalue weighted by molar-refractivity contribution is 6.02. The van der Waals surface area contributed by atoms with Crippen LogP contribution < -0.4 is 5.32 Å². The Kier molecular flexibility index (Phi) is 7.32. The van der Waals surface area contributed by atoms with Gasteiger partial charge in [0.2, 0.25) is 11.8 Å². The maximum atomic E-state index is 12.5. The van der Waals surface area contributed by atoms with Crippen LogP contribution in [0.2, 0.25) is 0 Å². The fraction of sp³-hybridized carbons (Fsp3) is 0.423. The third-order valence-electron chi connectivity index (χ3n) is 6.20. The first-order valence-electron chi connectivity index (χ1n) is 11.6. The van der Waals surface area contributed by atoms with Crippen molar-refractivity contribution in [1.29, 1.82) is 0 Å². The van der Waals surface area contributed by atoms with Crippen LogP contribution in [0, 0.1) is 6.92 Å². The molecule has 2 amide bonds. The summed E-state index contributed by atoms with van der Waals surface area (Å²) in [6.45, 7) is 5.61. The summed E-state index contributed by atoms with van der Waals surface area (Å²) < 4.78 is 0. The minimum atomic E-state index is -0.0842. The lowest BCUT2D eigenvalue weighted by atomic mass is 10.0. The number of benzene rings is 2. The second-order valence-electron chi connectivity index (χ2n) is 8.79. The zero-order chi connectivity index (χ0) is 22.3. The van der Waals surface area contributed by atoms with Crippen LogP contribution in [-0.4, -0.2) is 53.1 Å². The molecule has 0 unspecified atom stereocenters. The summed E-state index contributed by atoms with van der Waals surface area (Å²) in [5, 5.41) is 9.10. The van der Waals surface area contributed by atoms with Crippen molar-refractivity contribution in [2.75, 3.05) is 19.6 Å². The number of aryl methyl sites for hydroxylation is 1. The van der Waals surface area contributed by atoms with Gasteiger partial charge in [-0.05, 0) is 30.9 Å². The summed E-state index contributed by atoms with van der Waals surface area (Å²) in [5.74, 6) is -0.124. The first-order chi connectivity index (χ1) is 15.6. The second-order valence-corrected chi connectivity index (χ2v) is 8.79. The third kappa shape index (κ3) is 6.04. The molecule has 2 aromatic carbocycles. The van der Waals surface area contributed by atoms with Crippen molar-refractivity contribution < 1.29 is 9.59 Å². The van der Waals surface area contributed by atoms with Gasteiger partial charge in [0.25, 0.3) is 0 Å². The van der Waals surface area contributed by atoms with E-state index >= 15 is 0 Å². The molecule has 168 valence electrons. The van der Waals surface area contributed by atoms with Crippen LogP contribution in [0.15, 0.2) is 59.7 Å². The van der Waals surface area contributed by atoms with E-state index in [1.54, 1.807) is 0 Å². The smallest absolute Gasteiger partial charge is 0.243 e. The van der Waals surface area contributed by atoms with Crippen molar-refractivity contribution >= 4 is 17.5 Å². The monoisotopic (exact) mass is 432 g/mol. The van der Waals surface area contributed by atoms with Crippen molar-refractivity contribution in [1.82, 2.24) is 15.2 Å². The molecule has 2 aliphatic rings. The maximum Gasteiger partial charge on any atom is 0.243 e. The molecule has 4 rings (SSSR count). The number of nitrogens with zero attached hydrogens (tertiary/aromatic N) is 3. The predicted octanol–water partition coefficient (Wildman–Crippen LogP) is 3.49. The molecule has 0 radical (unpaired) electrons. The molecular formula is C26H32N4O2. The highest BCUT2D eigenvalue weighted by Crippen LogP contribution is 2.17. The number of carbonyl (C=O) groups excluding carboxylic acids is 2. The molecule has 6 nitrogen and oxygen atoms in total. The highest BCUT2D eigenvalue weighted by Gasteiger charge is 2.24. The lowest BCUT2D eigenvalue weighted by molar-refractivity contribution is -0.133. The van der Waals surface area contributed by atoms with Crippen LogP contribution in [0.5, 0.6) is 0 Å². The van der Waals surface area contributed by atoms with Crippen LogP contribution in [0.1, 0.15) is 48.8 Å². The standard InChI is InChI=1S/C26H32N4O2/c1-20-6-5-7-21(18-20)19-29-15-12-23(13-16-29)27-25(31)10-11-26(32)30-17-14-24(28-30)22-8-3-2-4-9-22/h2-9,18,23H,10-17,19H2,1H3,(H,27,31). The van der Waals surface area contributed by atoms with E-state index in [4.69, 9.17) is 0 Å². The third-order valence-corrected chi connectivity index (χ3v) is 6.20. The fourth-order valence-corrected chi connectivity index (χ4v) is 4.42. The number of rotatable bonds is 7. The molecule has 1 fully saturated rings. The number of piperidine rings is 1. The van der Waals surface area contributed by atoms with Crippen molar-refractivity contribution in [3.05, 3.63) is 71.3 Å². The maximum absolute atomic E-state index is 12.5. The number of amides is 2. The normalized spacial score (nSPS) is 17.3. The van der Waals surface area contributed by atoms with E-state index in [0.717, 1.165) is 50.2 Å². The van der Waals surface area contributed by atoms with Gasteiger partial charge in [0.1, 0.15) is 0 Å². The Bertz CT molecular complexity index is 965. The molecule has 0 spiro atoms. The van der Waals surface area contributed by atoms with Crippen LogP contribution in [0.4, 0.5) is 0 Å². The Balaban J connectivity index is 1.16. The summed E-state index contributed by atoms with van der Waals surface area (Å²) in [7, 11) is 0. The van der Waals surface area contributed by atoms with Gasteiger partial charge >= 0.3 is 0 Å². The number of hydrogen-bond donors (Lipinski definition) is 1. The predicted molar refractivity (Wildman–Crippen MR) is 126 cm³/mol. The van der Waals surface area contributed by atoms with Gasteiger partial charge in [0.05, 0.1) is 12.3 Å². The summed E-state index contributed by atoms with van der Waals surface area (Å²) in [5.41, 5.74) is 4.61. The molecule has 0 bridgehead atoms. The topological polar surface area (TPSA) is 65.0 Å². The Labute approximate surface area is 190 Å². The van der Waals surface area contributed by atoms with Gasteiger partial charge in [-0.2, -0.15) is 5.10 Å². The minimum absolute atomic E-state index is 0.0399. The Hall–Kier alpha value is -2.99. The van der Waals surface area contributed by atoms with Crippen LogP contribution >= 0.6 is 0 Å². The average molecular weight is 433 g/mol. The van der Waals surface area contributed by atoms with E-state index in [1.165, 1.54) is 16.1 Å². The number of likely N-dealkylation sites (tertiary alicyclic amines) is 1. The quantitative estimate of drug-likeness (QED) is 0.728. The molecule has 1 N–H and O–H groups in total. The molecule has 0 atom stereocenters. The molecule has 2 heterocycles. The van der Waals surface area contributed by atoms with E-state index in [0.29, 0.717) is 6.54 Å². The lowest BCUT2D eigenvalue weighted by Crippen LogP contribution is -2.44. The van der Waals surface area contributed by atoms with Gasteiger partial charge < -0.3 is 5.32 Å². The van der Waals surface area contributed by atoms with E-state index in [9.17, 15) is 9.59 Å². The van der Waals surface area contributed by atoms with E-state index in [2.05, 4.69) is 46.5 Å². The second kappa shape index (κ2) is 10.6. The van der Waals surface area contributed by atoms with Crippen molar-refractivity contribution in [3.63, 3.8) is 0 Å². The first-order valence-corrected chi connectivity index (χ1v) is 11.6. The molecular weight excluding hydrogens is 400 g/mol. The zero-order valence-electron chi connectivity index (χ0n) is 18.8. The molecule has 1 saturated heterocycles. The van der Waals surface area contributed by atoms with Gasteiger partial charge in [-0.25, -0.2) is 5.01 Å². The summed E-state index contributed by atoms with van der Waals surface area (Å²) >= 11 is 0. The zero-order valence-corrected chi connectivity index (χ0v) is 18.8. The number of carbonyl (C=O) groups is 2. The van der Waals surface area contributed by atoms with Gasteiger partial charge in [-0.1, -0.05) is 60.2 Å². The Morgan fingerprint density at radius 1 is 1.00 bits per heavy atom. The Morgan fingerprint density at radius 3 is 2.53 bits per heavy atom. The molecule has 0 aliphatic carbocycles. The van der Waals surface area contributed by atoms with E-state index in [1.807, 2.05) is 30.3 Å². The Morgan fingerprint density at radius 2 is 1.78 bits per heavy atom. The van der Waals surface area contributed by atoms with Gasteiger partial charge in [-0.3, -0.25) is 14.5 Å². The summed E-state index contributed by atoms with van der Waals surface area (Å²) in [6, 6.07) is 18.8. The number of nitrogens with one attached hydrogen (secondary N) is 1. The lowest BCUT2D eigenvalue weighted by Gasteiger charge is -2.32. The van der Waals surface area contributed by atoms with Gasteiger partial charge in [0, 0.05) is 44.9 Å². The molecule has 0 aromatic heterocycles. The van der Waals surface area contributed by atoms with Gasteiger partial charge in [0.15, 0.2) is 0 Å². The molecule has 2 aliphatic heterocycles.